The molecule has 2 unspecified atom stereocenters. The number of rotatable bonds is 19. The summed E-state index contributed by atoms with van der Waals surface area (Å²) in [5.41, 5.74) is 14.8. The lowest BCUT2D eigenvalue weighted by Gasteiger charge is -2.37. The van der Waals surface area contributed by atoms with Crippen LogP contribution in [0.5, 0.6) is 5.75 Å². The molecule has 11 atom stereocenters. The molecule has 0 saturated carbocycles. The van der Waals surface area contributed by atoms with Crippen molar-refractivity contribution in [3.63, 3.8) is 0 Å². The number of aromatic nitrogens is 2. The Bertz CT molecular complexity index is 3800. The number of H-pyrrole nitrogens is 1. The average molecular weight is 1380 g/mol. The van der Waals surface area contributed by atoms with Crippen molar-refractivity contribution in [2.24, 2.45) is 11.5 Å². The number of carbonyl (C=O) groups is 8. The average Bonchev–Trinajstić information content (AvgIpc) is 1.07. The fourth-order valence-corrected chi connectivity index (χ4v) is 13.7. The van der Waals surface area contributed by atoms with E-state index in [1.54, 1.807) is 65.4 Å². The van der Waals surface area contributed by atoms with Gasteiger partial charge in [-0.2, -0.15) is 0 Å². The Balaban J connectivity index is 0.000000381. The Morgan fingerprint density at radius 1 is 0.763 bits per heavy atom. The quantitative estimate of drug-likeness (QED) is 0.0393. The molecule has 4 aromatic carbocycles. The van der Waals surface area contributed by atoms with Crippen LogP contribution in [-0.4, -0.2) is 207 Å². The van der Waals surface area contributed by atoms with Crippen molar-refractivity contribution >= 4 is 96.4 Å². The molecule has 0 spiro atoms. The number of aliphatic hydroxyl groups excluding tert-OH is 3. The van der Waals surface area contributed by atoms with Crippen molar-refractivity contribution in [2.75, 3.05) is 69.4 Å². The van der Waals surface area contributed by atoms with Gasteiger partial charge in [0.2, 0.25) is 46.8 Å². The summed E-state index contributed by atoms with van der Waals surface area (Å²) in [6.45, 7) is 7.30. The number of aromatic carboxylic acids is 1. The zero-order chi connectivity index (χ0) is 70.0. The number of aromatic amines is 1. The molecule has 2 saturated heterocycles. The van der Waals surface area contributed by atoms with Crippen molar-refractivity contribution < 1.29 is 67.9 Å². The first kappa shape index (κ1) is 74.2. The number of fused-ring (bicyclic) bond motifs is 1. The molecule has 0 aliphatic carbocycles. The number of nitrogens with zero attached hydrogens (tertiary/aromatic N) is 3. The minimum absolute atomic E-state index is 0.0340. The summed E-state index contributed by atoms with van der Waals surface area (Å²) >= 11 is 0. The maximum Gasteiger partial charge on any atom is 0.341 e. The maximum atomic E-state index is 15.0. The number of hydrogen-bond acceptors (Lipinski definition) is 19. The number of carboxylic acid groups (broad SMARTS) is 1. The van der Waals surface area contributed by atoms with E-state index < -0.39 is 126 Å². The number of carboxylic acids is 1. The van der Waals surface area contributed by atoms with Crippen LogP contribution in [-0.2, 0) is 52.8 Å². The van der Waals surface area contributed by atoms with Crippen molar-refractivity contribution in [1.82, 2.24) is 51.7 Å². The number of anilines is 1. The first-order valence-corrected chi connectivity index (χ1v) is 34.6. The molecule has 2 fully saturated rings. The third-order valence-corrected chi connectivity index (χ3v) is 19.5. The van der Waals surface area contributed by atoms with Gasteiger partial charge in [0.25, 0.3) is 0 Å². The lowest BCUT2D eigenvalue weighted by Crippen LogP contribution is -2.62. The first-order valence-electron chi connectivity index (χ1n) is 32.1. The number of amides is 7. The number of nitrogens with two attached hydrogens (primary N) is 2. The number of piperazine rings is 1. The summed E-state index contributed by atoms with van der Waals surface area (Å²) in [4.78, 5) is 131. The van der Waals surface area contributed by atoms with Crippen molar-refractivity contribution in [3.05, 3.63) is 142 Å². The number of hydrogen-bond donors (Lipinski definition) is 14. The minimum atomic E-state index is -1.66. The number of likely N-dealkylation sites (N-methyl/N-ethyl adjacent to an activating group) is 1. The molecule has 3 aliphatic rings. The predicted octanol–water partition coefficient (Wildman–Crippen LogP) is 0.739. The van der Waals surface area contributed by atoms with E-state index in [1.165, 1.54) is 20.0 Å². The minimum Gasteiger partial charge on any atom is -0.487 e. The molecule has 0 radical (unpaired) electrons. The lowest BCUT2D eigenvalue weighted by molar-refractivity contribution is -0.136. The Morgan fingerprint density at radius 2 is 1.38 bits per heavy atom. The van der Waals surface area contributed by atoms with Gasteiger partial charge in [0.15, 0.2) is 11.6 Å². The molecule has 6 aromatic rings. The summed E-state index contributed by atoms with van der Waals surface area (Å²) in [6.07, 6.45) is 1.19. The fourth-order valence-electron chi connectivity index (χ4n) is 11.4. The van der Waals surface area contributed by atoms with Gasteiger partial charge in [-0.25, -0.2) is 9.18 Å². The SMILES string of the molecule is CC(O)[C@@H]1NC(=O)[C@H](CCCCN)NC(=O)[C@@H](Cc2c[nH]c3ccccc23)NC(=O)[C@H](Cc2ccccc2)NC(=O)[C@@H](NC(=O)[C@H](N)Cc2ccccc2)CSSC[C@@H](C(=O)N[C@H](CO)[C@@H](C)O)NC1=O.CC1COc2c(N3CCN(C)CC3)c(F)cc3c(=O)c(C(=O)O)cn1c23. The summed E-state index contributed by atoms with van der Waals surface area (Å²) in [7, 11) is 4.07. The van der Waals surface area contributed by atoms with Gasteiger partial charge in [-0.15, -0.1) is 0 Å². The standard InChI is InChI=1S/C49H66N10O10S2.C18H20FN3O4/c1-28(61)39(25-60)56-48(68)41-27-71-70-26-40(57-43(63)34(51)21-30-13-5-3-6-14-30)47(67)54-37(22-31-15-7-4-8-16-31)45(65)55-38(23-32-24-52-35-18-10-9-17-33(32)35)46(66)53-36(19-11-12-20-50)44(64)59-42(29(2)62)49(69)58-41;1-10-9-26-17-14-11(16(23)12(18(24)25)8-22(10)14)7-13(19)15(17)21-5-3-20(2)4-6-21/h3-10,13-18,24,28-29,34,36-42,52,60-62H,11-12,19-23,25-27,50-51H2,1-2H3,(H,53,66)(H,54,67)(H,55,65)(H,56,68)(H,57,63)(H,58,69)(H,59,64);7-8,10H,3-6,9H2,1-2H3,(H,24,25)/t28-,29?,34-,36+,37+,38-,39-,40+,41+,42+;/m1./s1. The van der Waals surface area contributed by atoms with E-state index in [0.29, 0.717) is 54.0 Å². The number of carbonyl (C=O) groups excluding carboxylic acids is 7. The molecule has 97 heavy (non-hydrogen) atoms. The monoisotopic (exact) mass is 1380 g/mol. The summed E-state index contributed by atoms with van der Waals surface area (Å²) < 4.78 is 22.6. The van der Waals surface area contributed by atoms with Crippen LogP contribution in [0.15, 0.2) is 108 Å². The summed E-state index contributed by atoms with van der Waals surface area (Å²) in [5.74, 6) is -7.55. The highest BCUT2D eigenvalue weighted by Gasteiger charge is 2.38. The molecule has 7 amide bonds. The maximum absolute atomic E-state index is 15.0. The van der Waals surface area contributed by atoms with Gasteiger partial charge >= 0.3 is 5.97 Å². The second-order valence-corrected chi connectivity index (χ2v) is 27.0. The molecular weight excluding hydrogens is 1290 g/mol. The van der Waals surface area contributed by atoms with Gasteiger partial charge in [-0.1, -0.05) is 100 Å². The van der Waals surface area contributed by atoms with Crippen LogP contribution < -0.4 is 63.8 Å². The molecule has 3 aliphatic heterocycles. The summed E-state index contributed by atoms with van der Waals surface area (Å²) in [5, 5.41) is 59.9. The van der Waals surface area contributed by atoms with Crippen LogP contribution in [0.3, 0.4) is 0 Å². The largest absolute Gasteiger partial charge is 0.487 e. The number of benzene rings is 4. The normalized spacial score (nSPS) is 22.1. The second kappa shape index (κ2) is 35.1. The molecule has 30 heteroatoms. The number of pyridine rings is 1. The number of halogens is 1. The van der Waals surface area contributed by atoms with Crippen LogP contribution in [0.4, 0.5) is 10.1 Å². The van der Waals surface area contributed by atoms with E-state index in [4.69, 9.17) is 16.2 Å². The van der Waals surface area contributed by atoms with Gasteiger partial charge in [0.1, 0.15) is 54.1 Å². The third-order valence-electron chi connectivity index (χ3n) is 17.0. The van der Waals surface area contributed by atoms with Gasteiger partial charge in [-0.3, -0.25) is 38.4 Å². The van der Waals surface area contributed by atoms with Gasteiger partial charge in [-0.05, 0) is 88.9 Å². The summed E-state index contributed by atoms with van der Waals surface area (Å²) in [6, 6.07) is 15.6. The Hall–Kier alpha value is -8.62. The molecule has 5 heterocycles. The number of ether oxygens (including phenoxy) is 1. The highest BCUT2D eigenvalue weighted by Crippen LogP contribution is 2.42. The topological polar surface area (TPSA) is 407 Å². The van der Waals surface area contributed by atoms with Crippen LogP contribution in [0, 0.1) is 5.82 Å². The van der Waals surface area contributed by atoms with E-state index in [0.717, 1.165) is 57.2 Å². The Morgan fingerprint density at radius 3 is 2.03 bits per heavy atom. The molecule has 0 bridgehead atoms. The molecular formula is C67H86FN13O14S2. The number of unbranched alkanes of at least 4 members (excludes halogenated alkanes) is 1. The van der Waals surface area contributed by atoms with Crippen molar-refractivity contribution in [2.45, 2.75) is 126 Å². The number of nitrogens with one attached hydrogen (secondary N) is 8. The lowest BCUT2D eigenvalue weighted by atomic mass is 10.0. The molecule has 522 valence electrons. The van der Waals surface area contributed by atoms with E-state index >= 15 is 0 Å². The zero-order valence-corrected chi connectivity index (χ0v) is 56.0. The third kappa shape index (κ3) is 19.6. The first-order chi connectivity index (χ1) is 46.5. The van der Waals surface area contributed by atoms with Gasteiger partial charge < -0.3 is 93.2 Å². The Labute approximate surface area is 567 Å². The Kier molecular flexibility index (Phi) is 26.8. The molecule has 2 aromatic heterocycles. The molecule has 9 rings (SSSR count). The van der Waals surface area contributed by atoms with Crippen molar-refractivity contribution in [3.8, 4) is 5.75 Å². The van der Waals surface area contributed by atoms with Crippen LogP contribution >= 0.6 is 21.6 Å². The van der Waals surface area contributed by atoms with E-state index in [9.17, 15) is 68.0 Å². The number of para-hydroxylation sites is 1. The van der Waals surface area contributed by atoms with E-state index in [2.05, 4.69) is 47.1 Å². The van der Waals surface area contributed by atoms with Crippen LogP contribution in [0.25, 0.3) is 21.8 Å². The highest BCUT2D eigenvalue weighted by molar-refractivity contribution is 8.76. The van der Waals surface area contributed by atoms with Crippen LogP contribution in [0.1, 0.15) is 73.1 Å². The smallest absolute Gasteiger partial charge is 0.341 e. The van der Waals surface area contributed by atoms with Gasteiger partial charge in [0.05, 0.1) is 47.8 Å². The van der Waals surface area contributed by atoms with E-state index in [-0.39, 0.29) is 67.3 Å². The highest BCUT2D eigenvalue weighted by atomic mass is 33.1. The number of aliphatic hydroxyl groups is 3. The van der Waals surface area contributed by atoms with Gasteiger partial charge in [0, 0.05) is 73.8 Å². The second-order valence-electron chi connectivity index (χ2n) is 24.4. The molecule has 27 nitrogen and oxygen atoms in total. The zero-order valence-electron chi connectivity index (χ0n) is 54.3. The van der Waals surface area contributed by atoms with E-state index in [1.807, 2.05) is 49.2 Å². The van der Waals surface area contributed by atoms with Crippen molar-refractivity contribution in [1.29, 1.82) is 0 Å². The predicted molar refractivity (Wildman–Crippen MR) is 367 cm³/mol. The fraction of sp³-hybridized carbons (Fsp3) is 0.448. The molecule has 16 N–H and O–H groups in total. The van der Waals surface area contributed by atoms with Crippen LogP contribution in [0.2, 0.25) is 0 Å².